The minimum atomic E-state index is -0.630. The van der Waals surface area contributed by atoms with E-state index in [2.05, 4.69) is 11.9 Å². The van der Waals surface area contributed by atoms with Crippen molar-refractivity contribution >= 4 is 18.0 Å². The molecule has 0 spiro atoms. The Hall–Kier alpha value is -2.76. The van der Waals surface area contributed by atoms with Crippen molar-refractivity contribution in [2.45, 2.75) is 20.0 Å². The smallest absolute Gasteiger partial charge is 0.342 e. The topological polar surface area (TPSA) is 84.9 Å². The van der Waals surface area contributed by atoms with E-state index < -0.39 is 5.97 Å². The van der Waals surface area contributed by atoms with Gasteiger partial charge in [0.1, 0.15) is 17.1 Å². The minimum absolute atomic E-state index is 0.0470. The van der Waals surface area contributed by atoms with E-state index in [4.69, 9.17) is 9.47 Å². The molecular weight excluding hydrogens is 298 g/mol. The SMILES string of the molecule is C=CC(=O)NC/C=C/c1cc(OC)cc(O)c1C(=O)OC(C)C. The van der Waals surface area contributed by atoms with Crippen molar-refractivity contribution in [3.05, 3.63) is 42.0 Å². The first-order chi connectivity index (χ1) is 10.9. The number of benzene rings is 1. The van der Waals surface area contributed by atoms with E-state index in [1.807, 2.05) is 0 Å². The number of phenolic OH excluding ortho intramolecular Hbond substituents is 1. The summed E-state index contributed by atoms with van der Waals surface area (Å²) in [5.74, 6) is -0.763. The molecule has 1 rings (SSSR count). The van der Waals surface area contributed by atoms with Crippen LogP contribution in [0.4, 0.5) is 0 Å². The zero-order chi connectivity index (χ0) is 17.4. The van der Waals surface area contributed by atoms with E-state index in [1.165, 1.54) is 13.2 Å². The zero-order valence-corrected chi connectivity index (χ0v) is 13.5. The summed E-state index contributed by atoms with van der Waals surface area (Å²) in [4.78, 5) is 23.2. The molecule has 6 nitrogen and oxygen atoms in total. The van der Waals surface area contributed by atoms with Gasteiger partial charge in [0.05, 0.1) is 13.2 Å². The largest absolute Gasteiger partial charge is 0.507 e. The second-order valence-corrected chi connectivity index (χ2v) is 4.92. The number of hydrogen-bond acceptors (Lipinski definition) is 5. The number of carbonyl (C=O) groups is 2. The van der Waals surface area contributed by atoms with Crippen LogP contribution in [0.2, 0.25) is 0 Å². The fourth-order valence-electron chi connectivity index (χ4n) is 1.78. The Bertz CT molecular complexity index is 620. The molecule has 2 N–H and O–H groups in total. The second-order valence-electron chi connectivity index (χ2n) is 4.92. The summed E-state index contributed by atoms with van der Waals surface area (Å²) in [6, 6.07) is 2.94. The third-order valence-electron chi connectivity index (χ3n) is 2.78. The molecule has 0 saturated carbocycles. The highest BCUT2D eigenvalue weighted by Gasteiger charge is 2.19. The summed E-state index contributed by atoms with van der Waals surface area (Å²) < 4.78 is 10.2. The standard InChI is InChI=1S/C17H21NO5/c1-5-15(20)18-8-6-7-12-9-13(22-4)10-14(19)16(12)17(21)23-11(2)3/h5-7,9-11,19H,1,8H2,2-4H3,(H,18,20)/b7-6+. The number of ether oxygens (including phenoxy) is 2. The van der Waals surface area contributed by atoms with Crippen LogP contribution in [-0.4, -0.2) is 36.7 Å². The normalized spacial score (nSPS) is 10.6. The van der Waals surface area contributed by atoms with Crippen LogP contribution in [0.15, 0.2) is 30.9 Å². The molecule has 0 atom stereocenters. The number of esters is 1. The Balaban J connectivity index is 3.08. The highest BCUT2D eigenvalue weighted by molar-refractivity contribution is 5.97. The third kappa shape index (κ3) is 5.50. The van der Waals surface area contributed by atoms with Crippen molar-refractivity contribution in [3.8, 4) is 11.5 Å². The minimum Gasteiger partial charge on any atom is -0.507 e. The Kier molecular flexibility index (Phi) is 6.86. The summed E-state index contributed by atoms with van der Waals surface area (Å²) >= 11 is 0. The number of amides is 1. The summed E-state index contributed by atoms with van der Waals surface area (Å²) in [5.41, 5.74) is 0.478. The Morgan fingerprint density at radius 2 is 2.09 bits per heavy atom. The van der Waals surface area contributed by atoms with Gasteiger partial charge < -0.3 is 19.9 Å². The lowest BCUT2D eigenvalue weighted by molar-refractivity contribution is -0.116. The second kappa shape index (κ2) is 8.63. The van der Waals surface area contributed by atoms with Crippen molar-refractivity contribution in [1.82, 2.24) is 5.32 Å². The van der Waals surface area contributed by atoms with Crippen LogP contribution in [0, 0.1) is 0 Å². The maximum absolute atomic E-state index is 12.1. The molecule has 1 amide bonds. The summed E-state index contributed by atoms with van der Waals surface area (Å²) in [5, 5.41) is 12.6. The van der Waals surface area contributed by atoms with Gasteiger partial charge in [0, 0.05) is 12.6 Å². The van der Waals surface area contributed by atoms with Crippen molar-refractivity contribution in [1.29, 1.82) is 0 Å². The van der Waals surface area contributed by atoms with Gasteiger partial charge in [-0.15, -0.1) is 0 Å². The molecule has 23 heavy (non-hydrogen) atoms. The first kappa shape index (κ1) is 18.3. The van der Waals surface area contributed by atoms with Crippen molar-refractivity contribution in [2.24, 2.45) is 0 Å². The van der Waals surface area contributed by atoms with Crippen molar-refractivity contribution in [2.75, 3.05) is 13.7 Å². The number of nitrogens with one attached hydrogen (secondary N) is 1. The molecule has 1 aromatic rings. The molecule has 124 valence electrons. The van der Waals surface area contributed by atoms with E-state index in [0.717, 1.165) is 6.08 Å². The van der Waals surface area contributed by atoms with Crippen LogP contribution in [0.1, 0.15) is 29.8 Å². The third-order valence-corrected chi connectivity index (χ3v) is 2.78. The van der Waals surface area contributed by atoms with E-state index >= 15 is 0 Å². The van der Waals surface area contributed by atoms with E-state index in [1.54, 1.807) is 32.1 Å². The van der Waals surface area contributed by atoms with Gasteiger partial charge in [-0.3, -0.25) is 4.79 Å². The summed E-state index contributed by atoms with van der Waals surface area (Å²) in [7, 11) is 1.46. The zero-order valence-electron chi connectivity index (χ0n) is 13.5. The molecule has 0 fully saturated rings. The van der Waals surface area contributed by atoms with Gasteiger partial charge in [-0.1, -0.05) is 18.7 Å². The average molecular weight is 319 g/mol. The molecule has 0 radical (unpaired) electrons. The van der Waals surface area contributed by atoms with Gasteiger partial charge in [-0.2, -0.15) is 0 Å². The molecule has 1 aromatic carbocycles. The number of hydrogen-bond donors (Lipinski definition) is 2. The predicted molar refractivity (Wildman–Crippen MR) is 87.5 cm³/mol. The average Bonchev–Trinajstić information content (AvgIpc) is 2.49. The van der Waals surface area contributed by atoms with Gasteiger partial charge >= 0.3 is 5.97 Å². The molecule has 0 bridgehead atoms. The van der Waals surface area contributed by atoms with Gasteiger partial charge in [-0.25, -0.2) is 4.79 Å². The molecule has 0 aromatic heterocycles. The van der Waals surface area contributed by atoms with E-state index in [0.29, 0.717) is 11.3 Å². The first-order valence-electron chi connectivity index (χ1n) is 7.07. The molecule has 0 unspecified atom stereocenters. The lowest BCUT2D eigenvalue weighted by atomic mass is 10.0. The van der Waals surface area contributed by atoms with Crippen LogP contribution in [0.5, 0.6) is 11.5 Å². The number of methoxy groups -OCH3 is 1. The molecule has 0 aliphatic heterocycles. The maximum atomic E-state index is 12.1. The first-order valence-corrected chi connectivity index (χ1v) is 7.07. The predicted octanol–water partition coefficient (Wildman–Crippen LogP) is 2.28. The number of phenols is 1. The highest BCUT2D eigenvalue weighted by atomic mass is 16.5. The van der Waals surface area contributed by atoms with Gasteiger partial charge in [0.15, 0.2) is 0 Å². The molecule has 0 heterocycles. The van der Waals surface area contributed by atoms with Crippen LogP contribution in [0.25, 0.3) is 6.08 Å². The Labute approximate surface area is 135 Å². The maximum Gasteiger partial charge on any atom is 0.342 e. The number of rotatable bonds is 7. The molecular formula is C17H21NO5. The quantitative estimate of drug-likeness (QED) is 0.595. The lowest BCUT2D eigenvalue weighted by Crippen LogP contribution is -2.20. The van der Waals surface area contributed by atoms with E-state index in [-0.39, 0.29) is 29.9 Å². The molecule has 0 saturated heterocycles. The highest BCUT2D eigenvalue weighted by Crippen LogP contribution is 2.29. The molecule has 0 aliphatic carbocycles. The summed E-state index contributed by atoms with van der Waals surface area (Å²) in [6.07, 6.45) is 4.09. The summed E-state index contributed by atoms with van der Waals surface area (Å²) in [6.45, 7) is 7.04. The monoisotopic (exact) mass is 319 g/mol. The van der Waals surface area contributed by atoms with Crippen LogP contribution in [-0.2, 0) is 9.53 Å². The Morgan fingerprint density at radius 1 is 1.39 bits per heavy atom. The Morgan fingerprint density at radius 3 is 2.65 bits per heavy atom. The van der Waals surface area contributed by atoms with Crippen molar-refractivity contribution < 1.29 is 24.2 Å². The van der Waals surface area contributed by atoms with Crippen LogP contribution in [0.3, 0.4) is 0 Å². The fourth-order valence-corrected chi connectivity index (χ4v) is 1.78. The lowest BCUT2D eigenvalue weighted by Gasteiger charge is -2.13. The van der Waals surface area contributed by atoms with Crippen molar-refractivity contribution in [3.63, 3.8) is 0 Å². The van der Waals surface area contributed by atoms with Gasteiger partial charge in [0.2, 0.25) is 5.91 Å². The van der Waals surface area contributed by atoms with Crippen LogP contribution < -0.4 is 10.1 Å². The van der Waals surface area contributed by atoms with Gasteiger partial charge in [0.25, 0.3) is 0 Å². The molecule has 6 heteroatoms. The number of carbonyl (C=O) groups excluding carboxylic acids is 2. The number of aromatic hydroxyl groups is 1. The fraction of sp³-hybridized carbons (Fsp3) is 0.294. The molecule has 0 aliphatic rings. The van der Waals surface area contributed by atoms with Gasteiger partial charge in [-0.05, 0) is 31.6 Å². The van der Waals surface area contributed by atoms with E-state index in [9.17, 15) is 14.7 Å². The van der Waals surface area contributed by atoms with Crippen LogP contribution >= 0.6 is 0 Å².